The lowest BCUT2D eigenvalue weighted by Crippen LogP contribution is -2.48. The van der Waals surface area contributed by atoms with Crippen LogP contribution in [0.25, 0.3) is 0 Å². The van der Waals surface area contributed by atoms with Crippen LogP contribution < -0.4 is 10.6 Å². The topological polar surface area (TPSA) is 41.1 Å². The standard InChI is InChI=1S/C14H20N2O/c1-10-5-7-12(8-6-10)11(2)16-13-4-3-9-15-14(13)17/h5-8,11,13,16H,3-4,9H2,1-2H3,(H,15,17). The third-order valence-electron chi connectivity index (χ3n) is 3.31. The molecule has 0 aliphatic carbocycles. The summed E-state index contributed by atoms with van der Waals surface area (Å²) in [5, 5.41) is 6.29. The van der Waals surface area contributed by atoms with Crippen molar-refractivity contribution >= 4 is 5.91 Å². The fourth-order valence-electron chi connectivity index (χ4n) is 2.18. The van der Waals surface area contributed by atoms with Crippen LogP contribution >= 0.6 is 0 Å². The molecule has 0 spiro atoms. The van der Waals surface area contributed by atoms with E-state index >= 15 is 0 Å². The molecule has 3 nitrogen and oxygen atoms in total. The van der Waals surface area contributed by atoms with E-state index in [0.29, 0.717) is 0 Å². The van der Waals surface area contributed by atoms with Gasteiger partial charge in [0.1, 0.15) is 0 Å². The first kappa shape index (κ1) is 12.1. The van der Waals surface area contributed by atoms with E-state index in [1.165, 1.54) is 11.1 Å². The van der Waals surface area contributed by atoms with Crippen molar-refractivity contribution in [1.82, 2.24) is 10.6 Å². The van der Waals surface area contributed by atoms with E-state index in [1.54, 1.807) is 0 Å². The molecule has 92 valence electrons. The number of benzene rings is 1. The maximum Gasteiger partial charge on any atom is 0.237 e. The Morgan fingerprint density at radius 1 is 1.35 bits per heavy atom. The summed E-state index contributed by atoms with van der Waals surface area (Å²) in [6.45, 7) is 5.00. The zero-order valence-corrected chi connectivity index (χ0v) is 10.5. The summed E-state index contributed by atoms with van der Waals surface area (Å²) in [4.78, 5) is 11.6. The molecular formula is C14H20N2O. The summed E-state index contributed by atoms with van der Waals surface area (Å²) in [6, 6.07) is 8.62. The zero-order valence-electron chi connectivity index (χ0n) is 10.5. The van der Waals surface area contributed by atoms with E-state index in [9.17, 15) is 4.79 Å². The molecular weight excluding hydrogens is 212 g/mol. The molecule has 1 aromatic rings. The Kier molecular flexibility index (Phi) is 3.79. The lowest BCUT2D eigenvalue weighted by molar-refractivity contribution is -0.124. The van der Waals surface area contributed by atoms with Gasteiger partial charge >= 0.3 is 0 Å². The number of aryl methyl sites for hydroxylation is 1. The van der Waals surface area contributed by atoms with E-state index in [2.05, 4.69) is 48.7 Å². The molecule has 0 aromatic heterocycles. The van der Waals surface area contributed by atoms with Gasteiger partial charge in [-0.2, -0.15) is 0 Å². The van der Waals surface area contributed by atoms with Crippen LogP contribution in [0.5, 0.6) is 0 Å². The van der Waals surface area contributed by atoms with Gasteiger partial charge in [0.25, 0.3) is 0 Å². The molecule has 17 heavy (non-hydrogen) atoms. The Balaban J connectivity index is 1.98. The summed E-state index contributed by atoms with van der Waals surface area (Å²) in [5.41, 5.74) is 2.49. The summed E-state index contributed by atoms with van der Waals surface area (Å²) in [5.74, 6) is 0.134. The summed E-state index contributed by atoms with van der Waals surface area (Å²) in [6.07, 6.45) is 1.99. The molecule has 1 amide bonds. The van der Waals surface area contributed by atoms with Gasteiger partial charge in [-0.3, -0.25) is 10.1 Å². The summed E-state index contributed by atoms with van der Waals surface area (Å²) < 4.78 is 0. The van der Waals surface area contributed by atoms with Crippen LogP contribution in [0.4, 0.5) is 0 Å². The Labute approximate surface area is 103 Å². The van der Waals surface area contributed by atoms with Crippen LogP contribution in [0.1, 0.15) is 36.9 Å². The van der Waals surface area contributed by atoms with E-state index in [4.69, 9.17) is 0 Å². The lowest BCUT2D eigenvalue weighted by Gasteiger charge is -2.26. The lowest BCUT2D eigenvalue weighted by atomic mass is 10.0. The maximum atomic E-state index is 11.6. The number of piperidine rings is 1. The highest BCUT2D eigenvalue weighted by molar-refractivity contribution is 5.82. The normalized spacial score (nSPS) is 22.0. The molecule has 2 rings (SSSR count). The number of hydrogen-bond acceptors (Lipinski definition) is 2. The van der Waals surface area contributed by atoms with Crippen molar-refractivity contribution in [3.8, 4) is 0 Å². The van der Waals surface area contributed by atoms with Gasteiger partial charge in [-0.1, -0.05) is 29.8 Å². The Morgan fingerprint density at radius 3 is 2.71 bits per heavy atom. The van der Waals surface area contributed by atoms with Crippen molar-refractivity contribution in [3.63, 3.8) is 0 Å². The van der Waals surface area contributed by atoms with E-state index < -0.39 is 0 Å². The van der Waals surface area contributed by atoms with Crippen molar-refractivity contribution in [1.29, 1.82) is 0 Å². The number of hydrogen-bond donors (Lipinski definition) is 2. The molecule has 2 atom stereocenters. The van der Waals surface area contributed by atoms with Crippen LogP contribution in [0.3, 0.4) is 0 Å². The second-order valence-electron chi connectivity index (χ2n) is 4.78. The smallest absolute Gasteiger partial charge is 0.237 e. The predicted molar refractivity (Wildman–Crippen MR) is 68.8 cm³/mol. The molecule has 1 fully saturated rings. The first-order chi connectivity index (χ1) is 8.16. The highest BCUT2D eigenvalue weighted by atomic mass is 16.2. The molecule has 0 saturated carbocycles. The maximum absolute atomic E-state index is 11.6. The van der Waals surface area contributed by atoms with Gasteiger partial charge < -0.3 is 5.32 Å². The Morgan fingerprint density at radius 2 is 2.06 bits per heavy atom. The first-order valence-corrected chi connectivity index (χ1v) is 6.27. The second kappa shape index (κ2) is 5.32. The van der Waals surface area contributed by atoms with E-state index in [-0.39, 0.29) is 18.0 Å². The molecule has 3 heteroatoms. The van der Waals surface area contributed by atoms with Gasteiger partial charge in [-0.05, 0) is 32.3 Å². The van der Waals surface area contributed by atoms with Crippen LogP contribution in [-0.4, -0.2) is 18.5 Å². The molecule has 0 radical (unpaired) electrons. The van der Waals surface area contributed by atoms with Crippen molar-refractivity contribution < 1.29 is 4.79 Å². The van der Waals surface area contributed by atoms with Crippen LogP contribution in [0.2, 0.25) is 0 Å². The van der Waals surface area contributed by atoms with E-state index in [1.807, 2.05) is 0 Å². The van der Waals surface area contributed by atoms with Gasteiger partial charge in [0.15, 0.2) is 0 Å². The fraction of sp³-hybridized carbons (Fsp3) is 0.500. The Hall–Kier alpha value is -1.35. The van der Waals surface area contributed by atoms with Crippen molar-refractivity contribution in [2.45, 2.75) is 38.8 Å². The predicted octanol–water partition coefficient (Wildman–Crippen LogP) is 1.92. The minimum atomic E-state index is -0.0416. The number of carbonyl (C=O) groups is 1. The van der Waals surface area contributed by atoms with Crippen molar-refractivity contribution in [2.75, 3.05) is 6.54 Å². The van der Waals surface area contributed by atoms with Crippen LogP contribution in [0.15, 0.2) is 24.3 Å². The molecule has 2 unspecified atom stereocenters. The highest BCUT2D eigenvalue weighted by Crippen LogP contribution is 2.15. The van der Waals surface area contributed by atoms with Gasteiger partial charge in [0.05, 0.1) is 6.04 Å². The molecule has 1 aromatic carbocycles. The van der Waals surface area contributed by atoms with Gasteiger partial charge in [0.2, 0.25) is 5.91 Å². The molecule has 0 bridgehead atoms. The van der Waals surface area contributed by atoms with Gasteiger partial charge in [-0.15, -0.1) is 0 Å². The summed E-state index contributed by atoms with van der Waals surface area (Å²) >= 11 is 0. The van der Waals surface area contributed by atoms with E-state index in [0.717, 1.165) is 19.4 Å². The number of amides is 1. The monoisotopic (exact) mass is 232 g/mol. The minimum absolute atomic E-state index is 0.0416. The molecule has 1 heterocycles. The highest BCUT2D eigenvalue weighted by Gasteiger charge is 2.23. The number of rotatable bonds is 3. The quantitative estimate of drug-likeness (QED) is 0.836. The summed E-state index contributed by atoms with van der Waals surface area (Å²) in [7, 11) is 0. The van der Waals surface area contributed by atoms with Crippen molar-refractivity contribution in [2.24, 2.45) is 0 Å². The minimum Gasteiger partial charge on any atom is -0.355 e. The number of nitrogens with one attached hydrogen (secondary N) is 2. The fourth-order valence-corrected chi connectivity index (χ4v) is 2.18. The van der Waals surface area contributed by atoms with Gasteiger partial charge in [0, 0.05) is 12.6 Å². The largest absolute Gasteiger partial charge is 0.355 e. The molecule has 1 aliphatic rings. The first-order valence-electron chi connectivity index (χ1n) is 6.27. The third-order valence-corrected chi connectivity index (χ3v) is 3.31. The van der Waals surface area contributed by atoms with Gasteiger partial charge in [-0.25, -0.2) is 0 Å². The number of carbonyl (C=O) groups excluding carboxylic acids is 1. The second-order valence-corrected chi connectivity index (χ2v) is 4.78. The molecule has 1 aliphatic heterocycles. The average molecular weight is 232 g/mol. The average Bonchev–Trinajstić information content (AvgIpc) is 2.33. The van der Waals surface area contributed by atoms with Crippen LogP contribution in [0, 0.1) is 6.92 Å². The Bertz CT molecular complexity index is 386. The molecule has 2 N–H and O–H groups in total. The van der Waals surface area contributed by atoms with Crippen LogP contribution in [-0.2, 0) is 4.79 Å². The SMILES string of the molecule is Cc1ccc(C(C)NC2CCCNC2=O)cc1. The van der Waals surface area contributed by atoms with Crippen molar-refractivity contribution in [3.05, 3.63) is 35.4 Å². The third kappa shape index (κ3) is 3.07. The molecule has 1 saturated heterocycles. The zero-order chi connectivity index (χ0) is 12.3.